The molecular weight excluding hydrogens is 526 g/mol. The van der Waals surface area contributed by atoms with Gasteiger partial charge in [0.15, 0.2) is 5.78 Å². The Morgan fingerprint density at radius 2 is 1.67 bits per heavy atom. The summed E-state index contributed by atoms with van der Waals surface area (Å²) in [5.74, 6) is 4.20. The first-order chi connectivity index (χ1) is 20.3. The van der Waals surface area contributed by atoms with Crippen molar-refractivity contribution in [1.29, 1.82) is 0 Å². The second kappa shape index (κ2) is 15.4. The number of rotatable bonds is 7. The van der Waals surface area contributed by atoms with Gasteiger partial charge in [0, 0.05) is 12.1 Å². The standard InChI is InChI=1S/C19H21N3O4.C14H14.C2H4/c1-14(20-10-5-9-18(24)22-11-6-12-26-22)19(25)21-13-16-7-3-4-8-17(16)15(2)23;1-14(9-10-14)13-8-4-6-11-5-2-3-7-12(11)13;1-2/h3-4,7-8,20H,1,6,10-13H2,2H3,(H,21,25);2-8H,9-10H2,1H3;1-2H2. The largest absolute Gasteiger partial charge is 0.370 e. The average Bonchev–Trinajstić information content (AvgIpc) is 3.52. The Morgan fingerprint density at radius 1 is 0.976 bits per heavy atom. The van der Waals surface area contributed by atoms with Crippen molar-refractivity contribution in [3.05, 3.63) is 109 Å². The highest BCUT2D eigenvalue weighted by atomic mass is 16.7. The monoisotopic (exact) mass is 565 g/mol. The topological polar surface area (TPSA) is 87.7 Å². The lowest BCUT2D eigenvalue weighted by molar-refractivity contribution is -0.161. The van der Waals surface area contributed by atoms with Crippen LogP contribution in [0.3, 0.4) is 0 Å². The summed E-state index contributed by atoms with van der Waals surface area (Å²) in [6.45, 7) is 14.9. The molecule has 1 aliphatic heterocycles. The van der Waals surface area contributed by atoms with Crippen molar-refractivity contribution in [3.63, 3.8) is 0 Å². The first kappa shape index (κ1) is 31.9. The van der Waals surface area contributed by atoms with Crippen LogP contribution in [0.2, 0.25) is 0 Å². The Morgan fingerprint density at radius 3 is 2.36 bits per heavy atom. The Kier molecular flexibility index (Phi) is 11.7. The van der Waals surface area contributed by atoms with Crippen LogP contribution in [-0.2, 0) is 26.4 Å². The fourth-order valence-electron chi connectivity index (χ4n) is 4.53. The van der Waals surface area contributed by atoms with Gasteiger partial charge >= 0.3 is 5.91 Å². The second-order valence-electron chi connectivity index (χ2n) is 10.2. The molecule has 2 amide bonds. The zero-order valence-corrected chi connectivity index (χ0v) is 24.5. The molecule has 1 saturated carbocycles. The molecule has 7 nitrogen and oxygen atoms in total. The number of hydrogen-bond acceptors (Lipinski definition) is 5. The van der Waals surface area contributed by atoms with Crippen LogP contribution in [0.15, 0.2) is 92.2 Å². The molecule has 2 aliphatic rings. The van der Waals surface area contributed by atoms with Crippen molar-refractivity contribution in [2.75, 3.05) is 19.7 Å². The summed E-state index contributed by atoms with van der Waals surface area (Å²) < 4.78 is 0. The highest BCUT2D eigenvalue weighted by molar-refractivity contribution is 5.96. The van der Waals surface area contributed by atoms with E-state index in [-0.39, 0.29) is 24.6 Å². The van der Waals surface area contributed by atoms with Gasteiger partial charge in [-0.2, -0.15) is 0 Å². The molecule has 3 aromatic carbocycles. The molecule has 218 valence electrons. The lowest BCUT2D eigenvalue weighted by Gasteiger charge is -2.12. The van der Waals surface area contributed by atoms with E-state index >= 15 is 0 Å². The molecule has 0 bridgehead atoms. The van der Waals surface area contributed by atoms with E-state index in [0.29, 0.717) is 24.1 Å². The van der Waals surface area contributed by atoms with Crippen LogP contribution in [-0.4, -0.2) is 42.4 Å². The van der Waals surface area contributed by atoms with Gasteiger partial charge in [0.2, 0.25) is 0 Å². The molecule has 1 aliphatic carbocycles. The number of fused-ring (bicyclic) bond motifs is 1. The van der Waals surface area contributed by atoms with Crippen molar-refractivity contribution in [2.45, 2.75) is 45.1 Å². The molecular formula is C35H39N3O4. The molecule has 1 heterocycles. The Bertz CT molecular complexity index is 1490. The van der Waals surface area contributed by atoms with Gasteiger partial charge in [0.1, 0.15) is 0 Å². The highest BCUT2D eigenvalue weighted by Gasteiger charge is 2.39. The predicted octanol–water partition coefficient (Wildman–Crippen LogP) is 5.47. The van der Waals surface area contributed by atoms with E-state index in [4.69, 9.17) is 4.84 Å². The molecule has 0 aromatic heterocycles. The molecule has 0 unspecified atom stereocenters. The minimum Gasteiger partial charge on any atom is -0.370 e. The van der Waals surface area contributed by atoms with Crippen molar-refractivity contribution in [3.8, 4) is 11.8 Å². The number of amides is 2. The van der Waals surface area contributed by atoms with Crippen LogP contribution in [0.25, 0.3) is 10.8 Å². The number of hydroxylamine groups is 2. The van der Waals surface area contributed by atoms with E-state index in [0.717, 1.165) is 12.0 Å². The van der Waals surface area contributed by atoms with Crippen LogP contribution < -0.4 is 10.6 Å². The minimum absolute atomic E-state index is 0.0614. The molecule has 5 rings (SSSR count). The Balaban J connectivity index is 0.000000251. The van der Waals surface area contributed by atoms with Gasteiger partial charge in [0.05, 0.1) is 25.4 Å². The fourth-order valence-corrected chi connectivity index (χ4v) is 4.53. The maximum atomic E-state index is 12.0. The van der Waals surface area contributed by atoms with Crippen LogP contribution in [0.5, 0.6) is 0 Å². The number of ketones is 1. The SMILES string of the molecule is C=C.C=C(NCC#CC(=O)N1CCCO1)C(=O)NCc1ccccc1C(C)=O.CC1(c2cccc3ccccc23)CC1. The average molecular weight is 566 g/mol. The normalized spacial score (nSPS) is 14.1. The van der Waals surface area contributed by atoms with E-state index in [1.165, 1.54) is 41.2 Å². The summed E-state index contributed by atoms with van der Waals surface area (Å²) in [4.78, 5) is 40.3. The van der Waals surface area contributed by atoms with Crippen LogP contribution in [0.4, 0.5) is 0 Å². The van der Waals surface area contributed by atoms with Crippen molar-refractivity contribution >= 4 is 28.4 Å². The van der Waals surface area contributed by atoms with Gasteiger partial charge in [-0.3, -0.25) is 19.2 Å². The summed E-state index contributed by atoms with van der Waals surface area (Å²) in [5, 5.41) is 9.47. The molecule has 0 atom stereocenters. The number of nitrogens with one attached hydrogen (secondary N) is 2. The molecule has 0 radical (unpaired) electrons. The fraction of sp³-hybridized carbons (Fsp3) is 0.286. The van der Waals surface area contributed by atoms with E-state index in [2.05, 4.69) is 91.6 Å². The molecule has 0 spiro atoms. The first-order valence-electron chi connectivity index (χ1n) is 14.0. The summed E-state index contributed by atoms with van der Waals surface area (Å²) >= 11 is 0. The smallest absolute Gasteiger partial charge is 0.322 e. The third-order valence-corrected chi connectivity index (χ3v) is 7.11. The zero-order chi connectivity index (χ0) is 30.5. The maximum absolute atomic E-state index is 12.0. The molecule has 3 aromatic rings. The third-order valence-electron chi connectivity index (χ3n) is 7.11. The van der Waals surface area contributed by atoms with Gasteiger partial charge in [-0.1, -0.05) is 86.2 Å². The van der Waals surface area contributed by atoms with Gasteiger partial charge in [-0.05, 0) is 59.4 Å². The molecule has 2 fully saturated rings. The number of carbonyl (C=O) groups is 3. The number of benzene rings is 3. The number of nitrogens with zero attached hydrogens (tertiary/aromatic N) is 1. The van der Waals surface area contributed by atoms with E-state index < -0.39 is 11.8 Å². The molecule has 1 saturated heterocycles. The van der Waals surface area contributed by atoms with Crippen LogP contribution >= 0.6 is 0 Å². The molecule has 2 N–H and O–H groups in total. The van der Waals surface area contributed by atoms with E-state index in [9.17, 15) is 14.4 Å². The van der Waals surface area contributed by atoms with E-state index in [1.54, 1.807) is 24.3 Å². The lowest BCUT2D eigenvalue weighted by Crippen LogP contribution is -2.31. The number of carbonyl (C=O) groups excluding carboxylic acids is 3. The van der Waals surface area contributed by atoms with Gasteiger partial charge in [-0.15, -0.1) is 13.2 Å². The van der Waals surface area contributed by atoms with E-state index in [1.807, 2.05) is 0 Å². The lowest BCUT2D eigenvalue weighted by atomic mass is 9.93. The second-order valence-corrected chi connectivity index (χ2v) is 10.2. The van der Waals surface area contributed by atoms with Crippen LogP contribution in [0, 0.1) is 11.8 Å². The Labute approximate surface area is 248 Å². The van der Waals surface area contributed by atoms with Gasteiger partial charge < -0.3 is 10.6 Å². The summed E-state index contributed by atoms with van der Waals surface area (Å²) in [7, 11) is 0. The van der Waals surface area contributed by atoms with Gasteiger partial charge in [0.25, 0.3) is 5.91 Å². The van der Waals surface area contributed by atoms with Crippen molar-refractivity contribution < 1.29 is 19.2 Å². The van der Waals surface area contributed by atoms with Gasteiger partial charge in [-0.25, -0.2) is 5.06 Å². The third kappa shape index (κ3) is 8.66. The van der Waals surface area contributed by atoms with Crippen molar-refractivity contribution in [2.24, 2.45) is 0 Å². The van der Waals surface area contributed by atoms with Crippen LogP contribution in [0.1, 0.15) is 54.6 Å². The molecule has 42 heavy (non-hydrogen) atoms. The summed E-state index contributed by atoms with van der Waals surface area (Å²) in [5.41, 5.74) is 3.44. The molecule has 7 heteroatoms. The number of Topliss-reactive ketones (excluding diaryl/α,β-unsaturated/α-hetero) is 1. The summed E-state index contributed by atoms with van der Waals surface area (Å²) in [6, 6.07) is 22.4. The summed E-state index contributed by atoms with van der Waals surface area (Å²) in [6.07, 6.45) is 3.50. The number of hydrogen-bond donors (Lipinski definition) is 2. The minimum atomic E-state index is -0.403. The quantitative estimate of drug-likeness (QED) is 0.172. The van der Waals surface area contributed by atoms with Crippen molar-refractivity contribution in [1.82, 2.24) is 15.7 Å². The zero-order valence-electron chi connectivity index (χ0n) is 24.5. The predicted molar refractivity (Wildman–Crippen MR) is 167 cm³/mol. The Hall–Kier alpha value is -4.67. The highest BCUT2D eigenvalue weighted by Crippen LogP contribution is 2.49. The maximum Gasteiger partial charge on any atom is 0.322 e. The first-order valence-corrected chi connectivity index (χ1v) is 14.0.